The number of hydrogen-bond donors (Lipinski definition) is 3. The Morgan fingerprint density at radius 2 is 2.00 bits per heavy atom. The first-order chi connectivity index (χ1) is 11.0. The molecule has 0 unspecified atom stereocenters. The van der Waals surface area contributed by atoms with Gasteiger partial charge >= 0.3 is 0 Å². The van der Waals surface area contributed by atoms with E-state index in [4.69, 9.17) is 12.2 Å². The molecule has 1 heterocycles. The van der Waals surface area contributed by atoms with Gasteiger partial charge in [0.2, 0.25) is 0 Å². The highest BCUT2D eigenvalue weighted by Gasteiger charge is 2.16. The Morgan fingerprint density at radius 1 is 1.30 bits per heavy atom. The molecule has 0 aliphatic rings. The summed E-state index contributed by atoms with van der Waals surface area (Å²) >= 11 is 6.37. The minimum atomic E-state index is -0.263. The second-order valence-corrected chi connectivity index (χ2v) is 6.28. The number of nitrogens with zero attached hydrogens (tertiary/aromatic N) is 1. The molecule has 1 aromatic heterocycles. The van der Waals surface area contributed by atoms with Crippen molar-refractivity contribution in [2.45, 2.75) is 13.8 Å². The van der Waals surface area contributed by atoms with Crippen LogP contribution in [0.25, 0.3) is 10.6 Å². The quantitative estimate of drug-likeness (QED) is 0.451. The van der Waals surface area contributed by atoms with Crippen molar-refractivity contribution in [3.8, 4) is 10.6 Å². The third-order valence-corrected chi connectivity index (χ3v) is 4.45. The molecule has 0 aliphatic carbocycles. The van der Waals surface area contributed by atoms with Gasteiger partial charge in [-0.1, -0.05) is 35.9 Å². The summed E-state index contributed by atoms with van der Waals surface area (Å²) in [6.45, 7) is 7.96. The molecule has 1 aromatic carbocycles. The molecule has 2 rings (SSSR count). The van der Waals surface area contributed by atoms with E-state index >= 15 is 0 Å². The van der Waals surface area contributed by atoms with E-state index in [1.807, 2.05) is 38.1 Å². The summed E-state index contributed by atoms with van der Waals surface area (Å²) < 4.78 is 0. The molecule has 0 spiro atoms. The van der Waals surface area contributed by atoms with E-state index in [0.717, 1.165) is 10.6 Å². The highest BCUT2D eigenvalue weighted by molar-refractivity contribution is 7.80. The zero-order chi connectivity index (χ0) is 16.8. The van der Waals surface area contributed by atoms with Crippen molar-refractivity contribution >= 4 is 34.6 Å². The van der Waals surface area contributed by atoms with Gasteiger partial charge in [0.15, 0.2) is 5.11 Å². The van der Waals surface area contributed by atoms with E-state index in [2.05, 4.69) is 27.7 Å². The van der Waals surface area contributed by atoms with E-state index in [1.54, 1.807) is 6.08 Å². The van der Waals surface area contributed by atoms with Crippen LogP contribution in [0.5, 0.6) is 0 Å². The molecule has 0 radical (unpaired) electrons. The fourth-order valence-electron chi connectivity index (χ4n) is 1.81. The van der Waals surface area contributed by atoms with E-state index in [-0.39, 0.29) is 5.91 Å². The fourth-order valence-corrected chi connectivity index (χ4v) is 2.91. The Hall–Kier alpha value is -2.25. The van der Waals surface area contributed by atoms with Gasteiger partial charge in [-0.25, -0.2) is 4.98 Å². The van der Waals surface area contributed by atoms with Gasteiger partial charge in [0.25, 0.3) is 5.91 Å². The average molecular weight is 346 g/mol. The molecule has 5 nitrogen and oxygen atoms in total. The van der Waals surface area contributed by atoms with Crippen LogP contribution in [0.3, 0.4) is 0 Å². The molecular formula is C16H18N4OS2. The summed E-state index contributed by atoms with van der Waals surface area (Å²) in [6, 6.07) is 8.05. The molecule has 2 aromatic rings. The topological polar surface area (TPSA) is 66.0 Å². The van der Waals surface area contributed by atoms with Gasteiger partial charge in [-0.3, -0.25) is 15.6 Å². The normalized spacial score (nSPS) is 10.0. The van der Waals surface area contributed by atoms with Gasteiger partial charge in [0.05, 0.1) is 5.69 Å². The van der Waals surface area contributed by atoms with E-state index in [9.17, 15) is 4.79 Å². The standard InChI is InChI=1S/C16H18N4OS2/c1-4-9-17-16(22)20-19-14(21)13-11(3)18-15(23-13)12-7-5-10(2)6-8-12/h4-8H,1,9H2,2-3H3,(H,19,21)(H2,17,20,22). The lowest BCUT2D eigenvalue weighted by Crippen LogP contribution is -2.46. The third kappa shape index (κ3) is 4.61. The second kappa shape index (κ2) is 7.85. The van der Waals surface area contributed by atoms with Crippen molar-refractivity contribution in [1.82, 2.24) is 21.2 Å². The van der Waals surface area contributed by atoms with Gasteiger partial charge in [-0.2, -0.15) is 0 Å². The van der Waals surface area contributed by atoms with Gasteiger partial charge in [0.1, 0.15) is 9.88 Å². The number of hydrazine groups is 1. The first-order valence-corrected chi connectivity index (χ1v) is 8.23. The molecule has 0 atom stereocenters. The first kappa shape index (κ1) is 17.1. The SMILES string of the molecule is C=CCNC(=S)NNC(=O)c1sc(-c2ccc(C)cc2)nc1C. The van der Waals surface area contributed by atoms with Crippen molar-refractivity contribution in [3.05, 3.63) is 53.1 Å². The number of benzene rings is 1. The number of carbonyl (C=O) groups is 1. The van der Waals surface area contributed by atoms with Crippen LogP contribution in [0, 0.1) is 13.8 Å². The molecule has 0 saturated carbocycles. The predicted octanol–water partition coefficient (Wildman–Crippen LogP) is 2.72. The third-order valence-electron chi connectivity index (χ3n) is 3.00. The predicted molar refractivity (Wildman–Crippen MR) is 98.4 cm³/mol. The lowest BCUT2D eigenvalue weighted by Gasteiger charge is -2.09. The maximum Gasteiger partial charge on any atom is 0.281 e. The minimum Gasteiger partial charge on any atom is -0.358 e. The van der Waals surface area contributed by atoms with Crippen LogP contribution in [0.15, 0.2) is 36.9 Å². The lowest BCUT2D eigenvalue weighted by molar-refractivity contribution is 0.0947. The molecule has 0 saturated heterocycles. The van der Waals surface area contributed by atoms with Crippen LogP contribution in [-0.4, -0.2) is 22.5 Å². The number of thiocarbonyl (C=S) groups is 1. The highest BCUT2D eigenvalue weighted by Crippen LogP contribution is 2.27. The van der Waals surface area contributed by atoms with Crippen molar-refractivity contribution in [2.24, 2.45) is 0 Å². The number of amides is 1. The first-order valence-electron chi connectivity index (χ1n) is 7.01. The lowest BCUT2D eigenvalue weighted by atomic mass is 10.2. The molecule has 3 N–H and O–H groups in total. The molecular weight excluding hydrogens is 328 g/mol. The van der Waals surface area contributed by atoms with Crippen LogP contribution in [0.2, 0.25) is 0 Å². The number of nitrogens with one attached hydrogen (secondary N) is 3. The van der Waals surface area contributed by atoms with Gasteiger partial charge < -0.3 is 5.32 Å². The zero-order valence-corrected chi connectivity index (χ0v) is 14.6. The van der Waals surface area contributed by atoms with Gasteiger partial charge in [0, 0.05) is 12.1 Å². The molecule has 23 heavy (non-hydrogen) atoms. The van der Waals surface area contributed by atoms with Crippen molar-refractivity contribution in [3.63, 3.8) is 0 Å². The fraction of sp³-hybridized carbons (Fsp3) is 0.188. The maximum atomic E-state index is 12.2. The van der Waals surface area contributed by atoms with Gasteiger partial charge in [-0.15, -0.1) is 17.9 Å². The number of carbonyl (C=O) groups excluding carboxylic acids is 1. The maximum absolute atomic E-state index is 12.2. The summed E-state index contributed by atoms with van der Waals surface area (Å²) in [7, 11) is 0. The Labute approximate surface area is 144 Å². The molecule has 0 aliphatic heterocycles. The van der Waals surface area contributed by atoms with Gasteiger partial charge in [-0.05, 0) is 26.1 Å². The summed E-state index contributed by atoms with van der Waals surface area (Å²) in [5, 5.41) is 4.02. The highest BCUT2D eigenvalue weighted by atomic mass is 32.1. The van der Waals surface area contributed by atoms with Crippen molar-refractivity contribution in [2.75, 3.05) is 6.54 Å². The van der Waals surface area contributed by atoms with Crippen molar-refractivity contribution < 1.29 is 4.79 Å². The Morgan fingerprint density at radius 3 is 2.65 bits per heavy atom. The van der Waals surface area contributed by atoms with Crippen LogP contribution in [0.4, 0.5) is 0 Å². The zero-order valence-electron chi connectivity index (χ0n) is 13.0. The Bertz CT molecular complexity index is 722. The number of thiazole rings is 1. The minimum absolute atomic E-state index is 0.263. The Kier molecular flexibility index (Phi) is 5.84. The molecule has 120 valence electrons. The summed E-state index contributed by atoms with van der Waals surface area (Å²) in [4.78, 5) is 17.3. The van der Waals surface area contributed by atoms with Crippen LogP contribution < -0.4 is 16.2 Å². The molecule has 1 amide bonds. The Balaban J connectivity index is 2.05. The summed E-state index contributed by atoms with van der Waals surface area (Å²) in [5.74, 6) is -0.263. The molecule has 0 fully saturated rings. The number of rotatable bonds is 4. The van der Waals surface area contributed by atoms with E-state index in [0.29, 0.717) is 22.2 Å². The van der Waals surface area contributed by atoms with Crippen molar-refractivity contribution in [1.29, 1.82) is 0 Å². The average Bonchev–Trinajstić information content (AvgIpc) is 2.93. The second-order valence-electron chi connectivity index (χ2n) is 4.88. The monoisotopic (exact) mass is 346 g/mol. The number of aryl methyl sites for hydroxylation is 2. The number of aromatic nitrogens is 1. The van der Waals surface area contributed by atoms with E-state index < -0.39 is 0 Å². The van der Waals surface area contributed by atoms with E-state index in [1.165, 1.54) is 16.9 Å². The smallest absolute Gasteiger partial charge is 0.281 e. The summed E-state index contributed by atoms with van der Waals surface area (Å²) in [5.41, 5.74) is 8.09. The van der Waals surface area contributed by atoms with Crippen LogP contribution in [0.1, 0.15) is 20.9 Å². The summed E-state index contributed by atoms with van der Waals surface area (Å²) in [6.07, 6.45) is 1.68. The molecule has 7 heteroatoms. The molecule has 0 bridgehead atoms. The van der Waals surface area contributed by atoms with Crippen LogP contribution >= 0.6 is 23.6 Å². The number of hydrogen-bond acceptors (Lipinski definition) is 4. The largest absolute Gasteiger partial charge is 0.358 e. The van der Waals surface area contributed by atoms with Crippen LogP contribution in [-0.2, 0) is 0 Å².